The Morgan fingerprint density at radius 1 is 0.808 bits per heavy atom. The summed E-state index contributed by atoms with van der Waals surface area (Å²) in [5.41, 5.74) is 3.37. The molecule has 0 fully saturated rings. The molecule has 0 aliphatic carbocycles. The van der Waals surface area contributed by atoms with Crippen LogP contribution in [0.3, 0.4) is 0 Å². The van der Waals surface area contributed by atoms with Crippen LogP contribution in [0.5, 0.6) is 11.5 Å². The predicted molar refractivity (Wildman–Crippen MR) is 101 cm³/mol. The summed E-state index contributed by atoms with van der Waals surface area (Å²) in [5.74, 6) is 0.970. The van der Waals surface area contributed by atoms with Crippen LogP contribution < -0.4 is 9.47 Å². The fourth-order valence-electron chi connectivity index (χ4n) is 2.80. The van der Waals surface area contributed by atoms with Crippen molar-refractivity contribution in [3.63, 3.8) is 0 Å². The summed E-state index contributed by atoms with van der Waals surface area (Å²) < 4.78 is 15.3. The van der Waals surface area contributed by atoms with Gasteiger partial charge in [-0.25, -0.2) is 4.79 Å². The summed E-state index contributed by atoms with van der Waals surface area (Å²) in [6.45, 7) is 0. The van der Waals surface area contributed by atoms with Gasteiger partial charge < -0.3 is 19.2 Å². The number of ether oxygens (including phenoxy) is 3. The van der Waals surface area contributed by atoms with Gasteiger partial charge in [-0.2, -0.15) is 0 Å². The molecule has 6 heteroatoms. The molecule has 0 radical (unpaired) electrons. The molecule has 1 N–H and O–H groups in total. The third-order valence-corrected chi connectivity index (χ3v) is 4.38. The highest BCUT2D eigenvalue weighted by molar-refractivity contribution is 6.34. The number of rotatable bonds is 5. The summed E-state index contributed by atoms with van der Waals surface area (Å²) >= 11 is 6.45. The lowest BCUT2D eigenvalue weighted by molar-refractivity contribution is 0.0595. The molecule has 3 aromatic rings. The molecule has 0 bridgehead atoms. The number of methoxy groups -OCH3 is 3. The molecule has 0 atom stereocenters. The second-order valence-electron chi connectivity index (χ2n) is 5.51. The van der Waals surface area contributed by atoms with E-state index in [1.54, 1.807) is 14.2 Å². The largest absolute Gasteiger partial charge is 0.497 e. The van der Waals surface area contributed by atoms with E-state index in [9.17, 15) is 4.79 Å². The first kappa shape index (κ1) is 17.9. The lowest BCUT2D eigenvalue weighted by atomic mass is 9.96. The van der Waals surface area contributed by atoms with E-state index in [-0.39, 0.29) is 0 Å². The van der Waals surface area contributed by atoms with Crippen molar-refractivity contribution < 1.29 is 19.0 Å². The highest BCUT2D eigenvalue weighted by Gasteiger charge is 2.24. The van der Waals surface area contributed by atoms with Crippen LogP contribution in [0.4, 0.5) is 0 Å². The summed E-state index contributed by atoms with van der Waals surface area (Å²) in [4.78, 5) is 15.2. The maximum Gasteiger partial charge on any atom is 0.355 e. The van der Waals surface area contributed by atoms with E-state index in [2.05, 4.69) is 4.98 Å². The molecule has 0 saturated heterocycles. The standard InChI is InChI=1S/C20H18ClNO4/c1-24-14-8-4-12(5-9-14)16-17(13-6-10-15(25-2)11-7-13)19(21)22-18(16)20(23)26-3/h4-11,22H,1-3H3. The smallest absolute Gasteiger partial charge is 0.355 e. The van der Waals surface area contributed by atoms with Crippen LogP contribution in [0.15, 0.2) is 48.5 Å². The van der Waals surface area contributed by atoms with Gasteiger partial charge in [-0.3, -0.25) is 0 Å². The molecule has 0 unspecified atom stereocenters. The lowest BCUT2D eigenvalue weighted by Gasteiger charge is -2.09. The number of benzene rings is 2. The van der Waals surface area contributed by atoms with Gasteiger partial charge in [0.15, 0.2) is 0 Å². The van der Waals surface area contributed by atoms with Crippen molar-refractivity contribution in [1.29, 1.82) is 0 Å². The summed E-state index contributed by atoms with van der Waals surface area (Å²) in [6, 6.07) is 14.9. The molecule has 26 heavy (non-hydrogen) atoms. The number of H-pyrrole nitrogens is 1. The number of carbonyl (C=O) groups is 1. The summed E-state index contributed by atoms with van der Waals surface area (Å²) in [7, 11) is 4.54. The molecule has 1 aromatic heterocycles. The zero-order valence-electron chi connectivity index (χ0n) is 14.6. The van der Waals surface area contributed by atoms with Crippen LogP contribution in [0.1, 0.15) is 10.5 Å². The Hall–Kier alpha value is -2.92. The van der Waals surface area contributed by atoms with Gasteiger partial charge in [0.05, 0.1) is 21.3 Å². The molecule has 134 valence electrons. The molecule has 0 aliphatic rings. The zero-order chi connectivity index (χ0) is 18.7. The minimum Gasteiger partial charge on any atom is -0.497 e. The summed E-state index contributed by atoms with van der Waals surface area (Å²) in [5, 5.41) is 0.362. The molecule has 3 rings (SSSR count). The minimum atomic E-state index is -0.488. The van der Waals surface area contributed by atoms with Crippen molar-refractivity contribution in [3.8, 4) is 33.8 Å². The molecule has 0 amide bonds. The van der Waals surface area contributed by atoms with Crippen LogP contribution in [0, 0.1) is 0 Å². The Morgan fingerprint density at radius 3 is 1.69 bits per heavy atom. The van der Waals surface area contributed by atoms with Crippen LogP contribution in [-0.2, 0) is 4.74 Å². The average molecular weight is 372 g/mol. The van der Waals surface area contributed by atoms with Gasteiger partial charge >= 0.3 is 5.97 Å². The van der Waals surface area contributed by atoms with Crippen molar-refractivity contribution in [2.24, 2.45) is 0 Å². The van der Waals surface area contributed by atoms with Gasteiger partial charge in [-0.1, -0.05) is 35.9 Å². The molecule has 0 aliphatic heterocycles. The highest BCUT2D eigenvalue weighted by Crippen LogP contribution is 2.41. The first-order chi connectivity index (χ1) is 12.6. The first-order valence-electron chi connectivity index (χ1n) is 7.87. The molecule has 0 saturated carbocycles. The van der Waals surface area contributed by atoms with Crippen LogP contribution in [-0.4, -0.2) is 32.3 Å². The number of aromatic amines is 1. The van der Waals surface area contributed by atoms with Crippen LogP contribution in [0.2, 0.25) is 5.15 Å². The van der Waals surface area contributed by atoms with Crippen molar-refractivity contribution in [1.82, 2.24) is 4.98 Å². The highest BCUT2D eigenvalue weighted by atomic mass is 35.5. The van der Waals surface area contributed by atoms with E-state index in [1.807, 2.05) is 48.5 Å². The van der Waals surface area contributed by atoms with Gasteiger partial charge in [-0.15, -0.1) is 0 Å². The number of aromatic nitrogens is 1. The maximum absolute atomic E-state index is 12.3. The Bertz CT molecular complexity index is 914. The topological polar surface area (TPSA) is 60.6 Å². The predicted octanol–water partition coefficient (Wildman–Crippen LogP) is 4.81. The lowest BCUT2D eigenvalue weighted by Crippen LogP contribution is -2.03. The van der Waals surface area contributed by atoms with Gasteiger partial charge in [0.1, 0.15) is 22.3 Å². The molecular formula is C20H18ClNO4. The van der Waals surface area contributed by atoms with Crippen molar-refractivity contribution in [3.05, 3.63) is 59.4 Å². The van der Waals surface area contributed by atoms with Gasteiger partial charge in [-0.05, 0) is 35.4 Å². The van der Waals surface area contributed by atoms with Crippen molar-refractivity contribution in [2.75, 3.05) is 21.3 Å². The quantitative estimate of drug-likeness (QED) is 0.654. The van der Waals surface area contributed by atoms with E-state index in [1.165, 1.54) is 7.11 Å². The minimum absolute atomic E-state index is 0.300. The van der Waals surface area contributed by atoms with E-state index in [0.717, 1.165) is 28.2 Å². The molecule has 0 spiro atoms. The maximum atomic E-state index is 12.3. The van der Waals surface area contributed by atoms with Gasteiger partial charge in [0, 0.05) is 11.1 Å². The Morgan fingerprint density at radius 2 is 1.27 bits per heavy atom. The number of hydrogen-bond acceptors (Lipinski definition) is 4. The normalized spacial score (nSPS) is 10.5. The van der Waals surface area contributed by atoms with Crippen molar-refractivity contribution in [2.45, 2.75) is 0 Å². The van der Waals surface area contributed by atoms with E-state index in [4.69, 9.17) is 25.8 Å². The van der Waals surface area contributed by atoms with E-state index >= 15 is 0 Å². The third kappa shape index (κ3) is 3.26. The zero-order valence-corrected chi connectivity index (χ0v) is 15.4. The number of carbonyl (C=O) groups excluding carboxylic acids is 1. The SMILES string of the molecule is COC(=O)c1[nH]c(Cl)c(-c2ccc(OC)cc2)c1-c1ccc(OC)cc1. The molecule has 5 nitrogen and oxygen atoms in total. The number of esters is 1. The fraction of sp³-hybridized carbons (Fsp3) is 0.150. The van der Waals surface area contributed by atoms with E-state index < -0.39 is 5.97 Å². The Kier molecular flexibility index (Phi) is 5.19. The Labute approximate surface area is 156 Å². The van der Waals surface area contributed by atoms with Gasteiger partial charge in [0.2, 0.25) is 0 Å². The second-order valence-corrected chi connectivity index (χ2v) is 5.89. The van der Waals surface area contributed by atoms with E-state index in [0.29, 0.717) is 16.4 Å². The van der Waals surface area contributed by atoms with Crippen LogP contribution in [0.25, 0.3) is 22.3 Å². The first-order valence-corrected chi connectivity index (χ1v) is 8.25. The summed E-state index contributed by atoms with van der Waals surface area (Å²) in [6.07, 6.45) is 0. The molecule has 1 heterocycles. The third-order valence-electron chi connectivity index (χ3n) is 4.10. The fourth-order valence-corrected chi connectivity index (χ4v) is 3.10. The molecule has 2 aromatic carbocycles. The Balaban J connectivity index is 2.22. The van der Waals surface area contributed by atoms with Crippen molar-refractivity contribution >= 4 is 17.6 Å². The number of hydrogen-bond donors (Lipinski definition) is 1. The molecular weight excluding hydrogens is 354 g/mol. The average Bonchev–Trinajstić information content (AvgIpc) is 3.04. The monoisotopic (exact) mass is 371 g/mol. The van der Waals surface area contributed by atoms with Crippen LogP contribution >= 0.6 is 11.6 Å². The second kappa shape index (κ2) is 7.54. The number of halogens is 1. The number of nitrogens with one attached hydrogen (secondary N) is 1. The van der Waals surface area contributed by atoms with Gasteiger partial charge in [0.25, 0.3) is 0 Å².